The van der Waals surface area contributed by atoms with Gasteiger partial charge in [-0.25, -0.2) is 4.39 Å². The number of rotatable bonds is 6. The Balaban J connectivity index is 1.40. The maximum absolute atomic E-state index is 15.0. The van der Waals surface area contributed by atoms with Crippen LogP contribution in [0.2, 0.25) is 0 Å². The molecular weight excluding hydrogens is 367 g/mol. The lowest BCUT2D eigenvalue weighted by Gasteiger charge is -2.29. The molecule has 2 saturated carbocycles. The average molecular weight is 407 g/mol. The largest absolute Gasteiger partial charge is 0.207 e. The molecule has 162 valence electrons. The number of hydrogen-bond donors (Lipinski definition) is 0. The molecule has 0 bridgehead atoms. The van der Waals surface area contributed by atoms with Crippen LogP contribution in [0.25, 0.3) is 11.1 Å². The topological polar surface area (TPSA) is 0 Å². The van der Waals surface area contributed by atoms with Gasteiger partial charge in [-0.3, -0.25) is 0 Å². The van der Waals surface area contributed by atoms with Gasteiger partial charge in [-0.2, -0.15) is 0 Å². The third kappa shape index (κ3) is 4.98. The molecule has 2 aromatic rings. The smallest absolute Gasteiger partial charge is 0.127 e. The van der Waals surface area contributed by atoms with Crippen molar-refractivity contribution in [2.45, 2.75) is 96.3 Å². The molecule has 4 rings (SSSR count). The molecule has 0 aliphatic heterocycles. The molecule has 30 heavy (non-hydrogen) atoms. The molecule has 0 unspecified atom stereocenters. The summed E-state index contributed by atoms with van der Waals surface area (Å²) in [5.41, 5.74) is 4.56. The third-order valence-electron chi connectivity index (χ3n) is 8.12. The maximum atomic E-state index is 15.0. The molecule has 0 saturated heterocycles. The molecule has 1 heteroatoms. The van der Waals surface area contributed by atoms with Gasteiger partial charge in [-0.1, -0.05) is 69.5 Å². The van der Waals surface area contributed by atoms with Crippen LogP contribution in [0.15, 0.2) is 42.5 Å². The van der Waals surface area contributed by atoms with Gasteiger partial charge in [0.1, 0.15) is 5.82 Å². The Kier molecular flexibility index (Phi) is 7.28. The van der Waals surface area contributed by atoms with E-state index in [4.69, 9.17) is 0 Å². The molecule has 0 amide bonds. The summed E-state index contributed by atoms with van der Waals surface area (Å²) >= 11 is 0. The summed E-state index contributed by atoms with van der Waals surface area (Å²) in [6.45, 7) is 4.58. The Hall–Kier alpha value is -1.63. The summed E-state index contributed by atoms with van der Waals surface area (Å²) in [5.74, 6) is 2.91. The lowest BCUT2D eigenvalue weighted by molar-refractivity contribution is 0.308. The van der Waals surface area contributed by atoms with Crippen LogP contribution in [0.5, 0.6) is 0 Å². The van der Waals surface area contributed by atoms with Gasteiger partial charge in [0.15, 0.2) is 0 Å². The van der Waals surface area contributed by atoms with Gasteiger partial charge in [0.25, 0.3) is 0 Å². The van der Waals surface area contributed by atoms with E-state index in [9.17, 15) is 4.39 Å². The average Bonchev–Trinajstić information content (AvgIpc) is 2.80. The molecule has 0 spiro atoms. The first-order valence-electron chi connectivity index (χ1n) is 12.6. The van der Waals surface area contributed by atoms with Gasteiger partial charge >= 0.3 is 0 Å². The zero-order chi connectivity index (χ0) is 20.9. The third-order valence-corrected chi connectivity index (χ3v) is 8.12. The van der Waals surface area contributed by atoms with Crippen molar-refractivity contribution in [3.63, 3.8) is 0 Å². The van der Waals surface area contributed by atoms with E-state index in [-0.39, 0.29) is 5.82 Å². The van der Waals surface area contributed by atoms with Gasteiger partial charge in [-0.15, -0.1) is 0 Å². The maximum Gasteiger partial charge on any atom is 0.127 e. The highest BCUT2D eigenvalue weighted by atomic mass is 19.1. The second-order valence-corrected chi connectivity index (χ2v) is 9.99. The Morgan fingerprint density at radius 3 is 1.90 bits per heavy atom. The van der Waals surface area contributed by atoms with Crippen LogP contribution >= 0.6 is 0 Å². The minimum atomic E-state index is -0.00854. The zero-order valence-electron chi connectivity index (χ0n) is 19.0. The van der Waals surface area contributed by atoms with E-state index >= 15 is 0 Å². The van der Waals surface area contributed by atoms with Gasteiger partial charge < -0.3 is 0 Å². The first-order chi connectivity index (χ1) is 14.7. The monoisotopic (exact) mass is 406 g/mol. The first-order valence-corrected chi connectivity index (χ1v) is 12.6. The summed E-state index contributed by atoms with van der Waals surface area (Å²) in [7, 11) is 0. The normalized spacial score (nSPS) is 27.2. The van der Waals surface area contributed by atoms with Crippen molar-refractivity contribution >= 4 is 0 Å². The Morgan fingerprint density at radius 1 is 0.700 bits per heavy atom. The summed E-state index contributed by atoms with van der Waals surface area (Å²) < 4.78 is 15.0. The van der Waals surface area contributed by atoms with E-state index in [1.807, 2.05) is 0 Å². The van der Waals surface area contributed by atoms with Crippen molar-refractivity contribution in [1.82, 2.24) is 0 Å². The first kappa shape index (κ1) is 21.6. The van der Waals surface area contributed by atoms with Gasteiger partial charge in [0.05, 0.1) is 0 Å². The lowest BCUT2D eigenvalue weighted by atomic mass is 9.77. The highest BCUT2D eigenvalue weighted by Gasteiger charge is 2.24. The quantitative estimate of drug-likeness (QED) is 0.448. The molecule has 0 N–H and O–H groups in total. The second-order valence-electron chi connectivity index (χ2n) is 9.99. The van der Waals surface area contributed by atoms with Crippen molar-refractivity contribution in [3.05, 3.63) is 59.4 Å². The van der Waals surface area contributed by atoms with E-state index in [2.05, 4.69) is 50.2 Å². The standard InChI is InChI=1S/C29H39F/c1-3-5-22-8-10-23(11-9-22)24-14-16-25(17-15-24)27-18-19-28(29(30)20-27)26-12-6-21(4-2)7-13-26/h14-23,26H,3-13H2,1-2H3. The molecule has 2 aromatic carbocycles. The molecule has 2 fully saturated rings. The fourth-order valence-electron chi connectivity index (χ4n) is 6.06. The molecule has 0 nitrogen and oxygen atoms in total. The number of hydrogen-bond acceptors (Lipinski definition) is 0. The highest BCUT2D eigenvalue weighted by molar-refractivity contribution is 5.64. The molecule has 2 aliphatic carbocycles. The van der Waals surface area contributed by atoms with Crippen LogP contribution in [-0.2, 0) is 0 Å². The van der Waals surface area contributed by atoms with E-state index < -0.39 is 0 Å². The van der Waals surface area contributed by atoms with Crippen molar-refractivity contribution in [2.24, 2.45) is 11.8 Å². The fraction of sp³-hybridized carbons (Fsp3) is 0.586. The molecular formula is C29H39F. The Labute approximate surface area is 183 Å². The summed E-state index contributed by atoms with van der Waals surface area (Å²) in [4.78, 5) is 0. The minimum Gasteiger partial charge on any atom is -0.207 e. The van der Waals surface area contributed by atoms with Crippen LogP contribution in [0, 0.1) is 17.7 Å². The molecule has 0 atom stereocenters. The number of halogens is 1. The van der Waals surface area contributed by atoms with E-state index in [1.54, 1.807) is 6.07 Å². The van der Waals surface area contributed by atoms with Crippen LogP contribution in [0.1, 0.15) is 107 Å². The molecule has 0 radical (unpaired) electrons. The van der Waals surface area contributed by atoms with E-state index in [0.29, 0.717) is 11.8 Å². The van der Waals surface area contributed by atoms with Crippen molar-refractivity contribution in [1.29, 1.82) is 0 Å². The van der Waals surface area contributed by atoms with Crippen LogP contribution in [0.3, 0.4) is 0 Å². The van der Waals surface area contributed by atoms with Gasteiger partial charge in [0.2, 0.25) is 0 Å². The fourth-order valence-corrected chi connectivity index (χ4v) is 6.06. The summed E-state index contributed by atoms with van der Waals surface area (Å²) in [5, 5.41) is 0. The minimum absolute atomic E-state index is 0.00854. The highest BCUT2D eigenvalue weighted by Crippen LogP contribution is 2.40. The predicted molar refractivity (Wildman–Crippen MR) is 126 cm³/mol. The SMILES string of the molecule is CCCC1CCC(c2ccc(-c3ccc(C4CCC(CC)CC4)c(F)c3)cc2)CC1. The summed E-state index contributed by atoms with van der Waals surface area (Å²) in [6, 6.07) is 14.9. The van der Waals surface area contributed by atoms with Gasteiger partial charge in [0, 0.05) is 0 Å². The predicted octanol–water partition coefficient (Wildman–Crippen LogP) is 9.25. The van der Waals surface area contributed by atoms with E-state index in [1.165, 1.54) is 63.4 Å². The van der Waals surface area contributed by atoms with Crippen molar-refractivity contribution in [2.75, 3.05) is 0 Å². The zero-order valence-corrected chi connectivity index (χ0v) is 19.0. The molecule has 0 aromatic heterocycles. The van der Waals surface area contributed by atoms with Gasteiger partial charge in [-0.05, 0) is 103 Å². The molecule has 2 aliphatic rings. The van der Waals surface area contributed by atoms with Crippen LogP contribution < -0.4 is 0 Å². The Bertz CT molecular complexity index is 790. The second kappa shape index (κ2) is 10.1. The Morgan fingerprint density at radius 2 is 1.30 bits per heavy atom. The van der Waals surface area contributed by atoms with Crippen molar-refractivity contribution in [3.8, 4) is 11.1 Å². The van der Waals surface area contributed by atoms with E-state index in [0.717, 1.165) is 41.4 Å². The lowest BCUT2D eigenvalue weighted by Crippen LogP contribution is -2.13. The molecule has 0 heterocycles. The van der Waals surface area contributed by atoms with Crippen LogP contribution in [0.4, 0.5) is 4.39 Å². The van der Waals surface area contributed by atoms with Crippen LogP contribution in [-0.4, -0.2) is 0 Å². The summed E-state index contributed by atoms with van der Waals surface area (Å²) in [6.07, 6.45) is 14.2. The number of benzene rings is 2. The van der Waals surface area contributed by atoms with Crippen molar-refractivity contribution < 1.29 is 4.39 Å².